The van der Waals surface area contributed by atoms with Gasteiger partial charge in [0.1, 0.15) is 5.75 Å². The summed E-state index contributed by atoms with van der Waals surface area (Å²) in [7, 11) is 0. The van der Waals surface area contributed by atoms with E-state index in [9.17, 15) is 4.79 Å². The first kappa shape index (κ1) is 18.1. The molecule has 2 aromatic carbocycles. The highest BCUT2D eigenvalue weighted by Crippen LogP contribution is 2.45. The van der Waals surface area contributed by atoms with Gasteiger partial charge in [-0.3, -0.25) is 0 Å². The molecule has 1 N–H and O–H groups in total. The van der Waals surface area contributed by atoms with Gasteiger partial charge in [-0.25, -0.2) is 4.79 Å². The number of carbonyl (C=O) groups is 1. The molecule has 0 fully saturated rings. The first-order chi connectivity index (χ1) is 11.0. The van der Waals surface area contributed by atoms with Crippen molar-refractivity contribution in [2.24, 2.45) is 0 Å². The van der Waals surface area contributed by atoms with Crippen LogP contribution >= 0.6 is 0 Å². The van der Waals surface area contributed by atoms with E-state index in [1.54, 1.807) is 6.07 Å². The minimum atomic E-state index is -1.28. The van der Waals surface area contributed by atoms with Crippen molar-refractivity contribution in [3.63, 3.8) is 0 Å². The molecule has 0 saturated carbocycles. The Kier molecular flexibility index (Phi) is 4.75. The molecule has 3 nitrogen and oxygen atoms in total. The van der Waals surface area contributed by atoms with Crippen molar-refractivity contribution in [1.29, 1.82) is 0 Å². The summed E-state index contributed by atoms with van der Waals surface area (Å²) < 4.78 is 5.12. The molecule has 0 saturated heterocycles. The molecule has 0 bridgehead atoms. The molecule has 0 unspecified atom stereocenters. The van der Waals surface area contributed by atoms with E-state index in [2.05, 4.69) is 53.7 Å². The van der Waals surface area contributed by atoms with Crippen molar-refractivity contribution in [2.75, 3.05) is 0 Å². The van der Waals surface area contributed by atoms with Crippen LogP contribution in [-0.4, -0.2) is 11.3 Å². The lowest BCUT2D eigenvalue weighted by Gasteiger charge is -2.33. The van der Waals surface area contributed by atoms with Gasteiger partial charge in [-0.1, -0.05) is 77.9 Å². The van der Waals surface area contributed by atoms with Crippen molar-refractivity contribution in [2.45, 2.75) is 52.4 Å². The number of benzene rings is 2. The maximum atomic E-state index is 11.1. The van der Waals surface area contributed by atoms with Gasteiger partial charge >= 0.3 is 6.16 Å². The zero-order valence-corrected chi connectivity index (χ0v) is 15.3. The van der Waals surface area contributed by atoms with Crippen molar-refractivity contribution >= 4 is 6.16 Å². The quantitative estimate of drug-likeness (QED) is 0.543. The van der Waals surface area contributed by atoms with Crippen molar-refractivity contribution < 1.29 is 14.6 Å². The molecule has 0 aliphatic rings. The Morgan fingerprint density at radius 3 is 1.83 bits per heavy atom. The number of carboxylic acid groups (broad SMARTS) is 1. The van der Waals surface area contributed by atoms with E-state index in [0.717, 1.165) is 22.3 Å². The van der Waals surface area contributed by atoms with Crippen LogP contribution in [-0.2, 0) is 10.8 Å². The fourth-order valence-corrected chi connectivity index (χ4v) is 3.14. The number of hydrogen-bond acceptors (Lipinski definition) is 2. The van der Waals surface area contributed by atoms with Crippen LogP contribution in [0.25, 0.3) is 11.1 Å². The van der Waals surface area contributed by atoms with E-state index in [1.165, 1.54) is 0 Å². The van der Waals surface area contributed by atoms with E-state index in [0.29, 0.717) is 5.75 Å². The van der Waals surface area contributed by atoms with Crippen LogP contribution in [0.4, 0.5) is 4.79 Å². The first-order valence-corrected chi connectivity index (χ1v) is 8.16. The second-order valence-corrected chi connectivity index (χ2v) is 8.10. The Bertz CT molecular complexity index is 732. The lowest BCUT2D eigenvalue weighted by atomic mass is 9.72. The van der Waals surface area contributed by atoms with Gasteiger partial charge in [0.2, 0.25) is 0 Å². The van der Waals surface area contributed by atoms with E-state index < -0.39 is 6.16 Å². The maximum Gasteiger partial charge on any atom is 0.511 e. The highest BCUT2D eigenvalue weighted by molar-refractivity contribution is 5.74. The lowest BCUT2D eigenvalue weighted by Crippen LogP contribution is -2.25. The second kappa shape index (κ2) is 6.31. The number of ether oxygens (including phenoxy) is 1. The van der Waals surface area contributed by atoms with Gasteiger partial charge in [0.25, 0.3) is 0 Å². The second-order valence-electron chi connectivity index (χ2n) is 8.10. The van der Waals surface area contributed by atoms with Crippen molar-refractivity contribution in [3.8, 4) is 16.9 Å². The van der Waals surface area contributed by atoms with Gasteiger partial charge in [-0.05, 0) is 33.6 Å². The summed E-state index contributed by atoms with van der Waals surface area (Å²) in [6, 6.07) is 13.9. The molecule has 0 aromatic heterocycles. The first-order valence-electron chi connectivity index (χ1n) is 8.16. The van der Waals surface area contributed by atoms with Gasteiger partial charge in [-0.2, -0.15) is 0 Å². The highest BCUT2D eigenvalue weighted by Gasteiger charge is 2.32. The van der Waals surface area contributed by atoms with E-state index in [-0.39, 0.29) is 10.8 Å². The summed E-state index contributed by atoms with van der Waals surface area (Å²) in [6.45, 7) is 12.7. The third-order valence-electron chi connectivity index (χ3n) is 3.95. The molecule has 0 amide bonds. The average Bonchev–Trinajstić information content (AvgIpc) is 2.45. The Labute approximate surface area is 144 Å². The van der Waals surface area contributed by atoms with Gasteiger partial charge in [0, 0.05) is 5.56 Å². The van der Waals surface area contributed by atoms with E-state index >= 15 is 0 Å². The smallest absolute Gasteiger partial charge is 0.449 e. The van der Waals surface area contributed by atoms with Crippen LogP contribution in [0.3, 0.4) is 0 Å². The van der Waals surface area contributed by atoms with Crippen LogP contribution in [0.5, 0.6) is 5.75 Å². The van der Waals surface area contributed by atoms with Crippen LogP contribution in [0, 0.1) is 0 Å². The summed E-state index contributed by atoms with van der Waals surface area (Å²) >= 11 is 0. The zero-order chi connectivity index (χ0) is 18.1. The largest absolute Gasteiger partial charge is 0.511 e. The molecule has 2 aromatic rings. The monoisotopic (exact) mass is 326 g/mol. The van der Waals surface area contributed by atoms with Crippen LogP contribution in [0.15, 0.2) is 42.5 Å². The minimum Gasteiger partial charge on any atom is -0.449 e. The van der Waals surface area contributed by atoms with Crippen molar-refractivity contribution in [3.05, 3.63) is 53.6 Å². The summed E-state index contributed by atoms with van der Waals surface area (Å²) in [6.07, 6.45) is -1.28. The predicted octanol–water partition coefficient (Wildman–Crippen LogP) is 6.01. The minimum absolute atomic E-state index is 0.161. The topological polar surface area (TPSA) is 46.5 Å². The summed E-state index contributed by atoms with van der Waals surface area (Å²) in [5.41, 5.74) is 3.89. The summed E-state index contributed by atoms with van der Waals surface area (Å²) in [5, 5.41) is 9.11. The fraction of sp³-hybridized carbons (Fsp3) is 0.381. The highest BCUT2D eigenvalue weighted by atomic mass is 16.7. The SMILES string of the molecule is CC(C)(C)c1c(OC(=O)O)ccc(-c2ccccc2)c1C(C)(C)C. The maximum absolute atomic E-state index is 11.1. The third-order valence-corrected chi connectivity index (χ3v) is 3.95. The Hall–Kier alpha value is -2.29. The fourth-order valence-electron chi connectivity index (χ4n) is 3.14. The molecule has 0 atom stereocenters. The van der Waals surface area contributed by atoms with Crippen LogP contribution < -0.4 is 4.74 Å². The molecule has 128 valence electrons. The summed E-state index contributed by atoms with van der Waals surface area (Å²) in [5.74, 6) is 0.416. The van der Waals surface area contributed by atoms with Gasteiger partial charge in [0.15, 0.2) is 0 Å². The molecular weight excluding hydrogens is 300 g/mol. The standard InChI is InChI=1S/C21H26O3/c1-20(2,3)17-15(14-10-8-7-9-11-14)12-13-16(24-19(22)23)18(17)21(4,5)6/h7-13H,1-6H3,(H,22,23). The molecule has 24 heavy (non-hydrogen) atoms. The Morgan fingerprint density at radius 1 is 0.833 bits per heavy atom. The number of hydrogen-bond donors (Lipinski definition) is 1. The average molecular weight is 326 g/mol. The van der Waals surface area contributed by atoms with Crippen LogP contribution in [0.1, 0.15) is 52.7 Å². The van der Waals surface area contributed by atoms with E-state index in [1.807, 2.05) is 24.3 Å². The molecule has 0 spiro atoms. The molecular formula is C21H26O3. The Balaban J connectivity index is 2.87. The summed E-state index contributed by atoms with van der Waals surface area (Å²) in [4.78, 5) is 11.1. The van der Waals surface area contributed by atoms with Gasteiger partial charge in [-0.15, -0.1) is 0 Å². The Morgan fingerprint density at radius 2 is 1.38 bits per heavy atom. The molecule has 0 aliphatic carbocycles. The van der Waals surface area contributed by atoms with E-state index in [4.69, 9.17) is 9.84 Å². The zero-order valence-electron chi connectivity index (χ0n) is 15.3. The van der Waals surface area contributed by atoms with Gasteiger partial charge < -0.3 is 9.84 Å². The molecule has 0 radical (unpaired) electrons. The predicted molar refractivity (Wildman–Crippen MR) is 97.9 cm³/mol. The van der Waals surface area contributed by atoms with Gasteiger partial charge in [0.05, 0.1) is 0 Å². The molecule has 0 heterocycles. The lowest BCUT2D eigenvalue weighted by molar-refractivity contribution is 0.143. The molecule has 0 aliphatic heterocycles. The number of rotatable bonds is 2. The van der Waals surface area contributed by atoms with Crippen molar-refractivity contribution in [1.82, 2.24) is 0 Å². The molecule has 3 heteroatoms. The van der Waals surface area contributed by atoms with Crippen LogP contribution in [0.2, 0.25) is 0 Å². The normalized spacial score (nSPS) is 12.1. The molecule has 2 rings (SSSR count). The third kappa shape index (κ3) is 3.78.